The molecule has 2 unspecified atom stereocenters. The molecule has 1 aromatic heterocycles. The Kier molecular flexibility index (Phi) is 3.68. The summed E-state index contributed by atoms with van der Waals surface area (Å²) in [7, 11) is 0. The predicted octanol–water partition coefficient (Wildman–Crippen LogP) is 2.42. The Morgan fingerprint density at radius 1 is 1.44 bits per heavy atom. The van der Waals surface area contributed by atoms with Crippen molar-refractivity contribution in [3.8, 4) is 0 Å². The molecule has 2 aliphatic rings. The van der Waals surface area contributed by atoms with Gasteiger partial charge in [-0.05, 0) is 53.7 Å². The Morgan fingerprint density at radius 2 is 2.28 bits per heavy atom. The Bertz CT molecular complexity index is 402. The Labute approximate surface area is 117 Å². The molecular formula is C14H20BrN3. The van der Waals surface area contributed by atoms with Crippen LogP contribution in [0.5, 0.6) is 0 Å². The third-order valence-electron chi connectivity index (χ3n) is 4.07. The van der Waals surface area contributed by atoms with Gasteiger partial charge >= 0.3 is 0 Å². The zero-order valence-corrected chi connectivity index (χ0v) is 12.4. The Hall–Kier alpha value is -0.450. The van der Waals surface area contributed by atoms with Crippen molar-refractivity contribution in [2.24, 2.45) is 5.92 Å². The van der Waals surface area contributed by atoms with E-state index in [1.54, 1.807) is 0 Å². The van der Waals surface area contributed by atoms with Gasteiger partial charge in [-0.2, -0.15) is 0 Å². The van der Waals surface area contributed by atoms with Crippen LogP contribution in [0.25, 0.3) is 0 Å². The van der Waals surface area contributed by atoms with Gasteiger partial charge in [0.1, 0.15) is 0 Å². The predicted molar refractivity (Wildman–Crippen MR) is 76.3 cm³/mol. The quantitative estimate of drug-likeness (QED) is 0.929. The fourth-order valence-electron chi connectivity index (χ4n) is 2.69. The average molecular weight is 310 g/mol. The lowest BCUT2D eigenvalue weighted by atomic mass is 10.1. The molecule has 1 saturated carbocycles. The normalized spacial score (nSPS) is 29.4. The van der Waals surface area contributed by atoms with Gasteiger partial charge in [-0.25, -0.2) is 0 Å². The molecule has 2 heterocycles. The van der Waals surface area contributed by atoms with Gasteiger partial charge in [-0.1, -0.05) is 0 Å². The molecule has 0 bridgehead atoms. The number of nitrogens with zero attached hydrogens (tertiary/aromatic N) is 2. The summed E-state index contributed by atoms with van der Waals surface area (Å²) in [4.78, 5) is 7.05. The topological polar surface area (TPSA) is 28.2 Å². The van der Waals surface area contributed by atoms with Crippen molar-refractivity contribution in [2.75, 3.05) is 13.1 Å². The van der Waals surface area contributed by atoms with Crippen LogP contribution in [-0.2, 0) is 6.54 Å². The first kappa shape index (κ1) is 12.6. The fourth-order valence-corrected chi connectivity index (χ4v) is 2.93. The zero-order chi connectivity index (χ0) is 12.5. The van der Waals surface area contributed by atoms with Gasteiger partial charge in [0.2, 0.25) is 0 Å². The van der Waals surface area contributed by atoms with Crippen LogP contribution in [0.3, 0.4) is 0 Å². The number of halogens is 1. The lowest BCUT2D eigenvalue weighted by molar-refractivity contribution is 0.124. The molecule has 3 rings (SSSR count). The van der Waals surface area contributed by atoms with E-state index in [1.807, 2.05) is 6.20 Å². The second-order valence-corrected chi connectivity index (χ2v) is 6.51. The summed E-state index contributed by atoms with van der Waals surface area (Å²) in [5.41, 5.74) is 1.17. The number of aromatic nitrogens is 1. The molecule has 1 N–H and O–H groups in total. The highest BCUT2D eigenvalue weighted by Gasteiger charge is 2.35. The summed E-state index contributed by atoms with van der Waals surface area (Å²) >= 11 is 3.43. The van der Waals surface area contributed by atoms with Crippen LogP contribution in [0.1, 0.15) is 25.5 Å². The van der Waals surface area contributed by atoms with Gasteiger partial charge in [0, 0.05) is 42.4 Å². The van der Waals surface area contributed by atoms with E-state index in [2.05, 4.69) is 50.2 Å². The second-order valence-electron chi connectivity index (χ2n) is 5.60. The molecule has 1 aromatic rings. The Morgan fingerprint density at radius 3 is 2.94 bits per heavy atom. The maximum Gasteiger partial charge on any atom is 0.0544 e. The van der Waals surface area contributed by atoms with E-state index in [0.717, 1.165) is 23.5 Å². The van der Waals surface area contributed by atoms with E-state index in [9.17, 15) is 0 Å². The second kappa shape index (κ2) is 5.27. The minimum atomic E-state index is 0.602. The van der Waals surface area contributed by atoms with Crippen LogP contribution in [0.4, 0.5) is 0 Å². The highest BCUT2D eigenvalue weighted by molar-refractivity contribution is 9.10. The summed E-state index contributed by atoms with van der Waals surface area (Å²) in [6, 6.07) is 5.50. The highest BCUT2D eigenvalue weighted by atomic mass is 79.9. The standard InChI is InChI=1S/C14H20BrN3/c1-10-6-17-14(11-2-3-11)9-18(10)8-13-5-4-12(15)7-16-13/h4-5,7,10-11,14,17H,2-3,6,8-9H2,1H3. The molecule has 1 aliphatic carbocycles. The molecule has 2 atom stereocenters. The highest BCUT2D eigenvalue weighted by Crippen LogP contribution is 2.34. The zero-order valence-electron chi connectivity index (χ0n) is 10.8. The summed E-state index contributed by atoms with van der Waals surface area (Å²) in [6.45, 7) is 5.55. The lowest BCUT2D eigenvalue weighted by Gasteiger charge is -2.38. The molecule has 18 heavy (non-hydrogen) atoms. The van der Waals surface area contributed by atoms with Crippen LogP contribution in [0.15, 0.2) is 22.8 Å². The first-order valence-corrected chi connectivity index (χ1v) is 7.59. The number of piperazine rings is 1. The van der Waals surface area contributed by atoms with E-state index in [1.165, 1.54) is 25.1 Å². The van der Waals surface area contributed by atoms with E-state index >= 15 is 0 Å². The first-order chi connectivity index (χ1) is 8.72. The monoisotopic (exact) mass is 309 g/mol. The van der Waals surface area contributed by atoms with Gasteiger partial charge in [-0.3, -0.25) is 9.88 Å². The number of nitrogens with one attached hydrogen (secondary N) is 1. The number of rotatable bonds is 3. The summed E-state index contributed by atoms with van der Waals surface area (Å²) < 4.78 is 1.05. The summed E-state index contributed by atoms with van der Waals surface area (Å²) in [5, 5.41) is 3.69. The molecule has 0 spiro atoms. The van der Waals surface area contributed by atoms with E-state index in [-0.39, 0.29) is 0 Å². The number of hydrogen-bond donors (Lipinski definition) is 1. The van der Waals surface area contributed by atoms with Crippen LogP contribution < -0.4 is 5.32 Å². The number of hydrogen-bond acceptors (Lipinski definition) is 3. The van der Waals surface area contributed by atoms with Crippen molar-refractivity contribution in [1.29, 1.82) is 0 Å². The molecule has 0 aromatic carbocycles. The van der Waals surface area contributed by atoms with Crippen molar-refractivity contribution in [2.45, 2.75) is 38.4 Å². The van der Waals surface area contributed by atoms with Crippen LogP contribution in [-0.4, -0.2) is 35.1 Å². The van der Waals surface area contributed by atoms with Crippen LogP contribution in [0.2, 0.25) is 0 Å². The fraction of sp³-hybridized carbons (Fsp3) is 0.643. The smallest absolute Gasteiger partial charge is 0.0544 e. The third kappa shape index (κ3) is 2.92. The van der Waals surface area contributed by atoms with Crippen molar-refractivity contribution in [1.82, 2.24) is 15.2 Å². The molecule has 1 saturated heterocycles. The summed E-state index contributed by atoms with van der Waals surface area (Å²) in [5.74, 6) is 0.929. The molecule has 4 heteroatoms. The van der Waals surface area contributed by atoms with Gasteiger partial charge in [0.15, 0.2) is 0 Å². The van der Waals surface area contributed by atoms with Crippen molar-refractivity contribution < 1.29 is 0 Å². The van der Waals surface area contributed by atoms with E-state index < -0.39 is 0 Å². The average Bonchev–Trinajstić information content (AvgIpc) is 3.19. The Balaban J connectivity index is 1.64. The number of pyridine rings is 1. The molecule has 1 aliphatic heterocycles. The third-order valence-corrected chi connectivity index (χ3v) is 4.54. The molecule has 3 nitrogen and oxygen atoms in total. The van der Waals surface area contributed by atoms with Crippen molar-refractivity contribution >= 4 is 15.9 Å². The van der Waals surface area contributed by atoms with Gasteiger partial charge in [0.05, 0.1) is 5.69 Å². The lowest BCUT2D eigenvalue weighted by Crippen LogP contribution is -2.55. The molecular weight excluding hydrogens is 290 g/mol. The molecule has 0 amide bonds. The van der Waals surface area contributed by atoms with Gasteiger partial charge < -0.3 is 5.32 Å². The summed E-state index contributed by atoms with van der Waals surface area (Å²) in [6.07, 6.45) is 4.72. The maximum atomic E-state index is 4.48. The molecule has 98 valence electrons. The first-order valence-electron chi connectivity index (χ1n) is 6.80. The molecule has 2 fully saturated rings. The van der Waals surface area contributed by atoms with Gasteiger partial charge in [-0.15, -0.1) is 0 Å². The van der Waals surface area contributed by atoms with E-state index in [4.69, 9.17) is 0 Å². The van der Waals surface area contributed by atoms with Gasteiger partial charge in [0.25, 0.3) is 0 Å². The van der Waals surface area contributed by atoms with Crippen molar-refractivity contribution in [3.63, 3.8) is 0 Å². The molecule has 0 radical (unpaired) electrons. The van der Waals surface area contributed by atoms with E-state index in [0.29, 0.717) is 12.1 Å². The minimum Gasteiger partial charge on any atom is -0.311 e. The maximum absolute atomic E-state index is 4.48. The largest absolute Gasteiger partial charge is 0.311 e. The SMILES string of the molecule is CC1CNC(C2CC2)CN1Cc1ccc(Br)cn1. The minimum absolute atomic E-state index is 0.602. The van der Waals surface area contributed by atoms with Crippen LogP contribution >= 0.6 is 15.9 Å². The van der Waals surface area contributed by atoms with Crippen LogP contribution in [0, 0.1) is 5.92 Å². The van der Waals surface area contributed by atoms with Crippen molar-refractivity contribution in [3.05, 3.63) is 28.5 Å².